The Morgan fingerprint density at radius 3 is 1.77 bits per heavy atom. The number of aliphatic hydroxyl groups is 1. The average molecular weight is 187 g/mol. The maximum atomic E-state index is 9.60. The molecule has 0 aromatic carbocycles. The molecule has 0 aliphatic heterocycles. The minimum Gasteiger partial charge on any atom is -0.392 e. The van der Waals surface area contributed by atoms with Crippen molar-refractivity contribution < 1.29 is 5.11 Å². The van der Waals surface area contributed by atoms with Crippen molar-refractivity contribution in [2.75, 3.05) is 0 Å². The largest absolute Gasteiger partial charge is 0.392 e. The molecule has 0 bridgehead atoms. The van der Waals surface area contributed by atoms with Crippen molar-refractivity contribution in [1.29, 1.82) is 0 Å². The van der Waals surface area contributed by atoms with E-state index in [9.17, 15) is 5.11 Å². The van der Waals surface area contributed by atoms with Crippen LogP contribution >= 0.6 is 0 Å². The molecule has 0 aromatic heterocycles. The van der Waals surface area contributed by atoms with Crippen LogP contribution in [0, 0.1) is 0 Å². The van der Waals surface area contributed by atoms with E-state index in [1.165, 1.54) is 0 Å². The first-order chi connectivity index (χ1) is 6.06. The fraction of sp³-hybridized carbons (Fsp3) is 1.00. The van der Waals surface area contributed by atoms with E-state index in [0.717, 1.165) is 38.5 Å². The van der Waals surface area contributed by atoms with Crippen LogP contribution in [-0.2, 0) is 0 Å². The maximum absolute atomic E-state index is 9.60. The highest BCUT2D eigenvalue weighted by Gasteiger charge is 2.28. The Hall–Kier alpha value is -0.0800. The fourth-order valence-corrected chi connectivity index (χ4v) is 1.55. The van der Waals surface area contributed by atoms with Crippen molar-refractivity contribution in [3.8, 4) is 0 Å². The van der Waals surface area contributed by atoms with Crippen molar-refractivity contribution in [3.05, 3.63) is 0 Å². The molecule has 1 atom stereocenters. The van der Waals surface area contributed by atoms with Gasteiger partial charge in [-0.1, -0.05) is 39.5 Å². The summed E-state index contributed by atoms with van der Waals surface area (Å²) in [7, 11) is 0. The standard InChI is InChI=1S/C11H25NO/c1-4-6-8-11(12,10(3)13)9-7-5-2/h10,13H,4-9,12H2,1-3H3. The molecular formula is C11H25NO. The zero-order chi connectivity index (χ0) is 10.3. The van der Waals surface area contributed by atoms with Gasteiger partial charge in [-0.2, -0.15) is 0 Å². The summed E-state index contributed by atoms with van der Waals surface area (Å²) in [6.07, 6.45) is 6.04. The molecule has 80 valence electrons. The third kappa shape index (κ3) is 4.63. The second-order valence-electron chi connectivity index (χ2n) is 4.12. The van der Waals surface area contributed by atoms with Gasteiger partial charge in [0.1, 0.15) is 0 Å². The van der Waals surface area contributed by atoms with Crippen LogP contribution in [0.2, 0.25) is 0 Å². The number of rotatable bonds is 7. The Morgan fingerprint density at radius 2 is 1.54 bits per heavy atom. The van der Waals surface area contributed by atoms with Crippen molar-refractivity contribution in [2.45, 2.75) is 70.9 Å². The molecular weight excluding hydrogens is 162 g/mol. The molecule has 0 radical (unpaired) electrons. The van der Waals surface area contributed by atoms with Crippen molar-refractivity contribution >= 4 is 0 Å². The summed E-state index contributed by atoms with van der Waals surface area (Å²) in [5.74, 6) is 0. The SMILES string of the molecule is CCCCC(N)(CCCC)C(C)O. The molecule has 0 saturated carbocycles. The van der Waals surface area contributed by atoms with Crippen LogP contribution < -0.4 is 5.73 Å². The third-order valence-electron chi connectivity index (χ3n) is 2.82. The van der Waals surface area contributed by atoms with Gasteiger partial charge < -0.3 is 10.8 Å². The molecule has 0 rings (SSSR count). The minimum atomic E-state index is -0.384. The van der Waals surface area contributed by atoms with Gasteiger partial charge in [-0.05, 0) is 19.8 Å². The normalized spacial score (nSPS) is 14.5. The average Bonchev–Trinajstić information content (AvgIpc) is 2.11. The van der Waals surface area contributed by atoms with Gasteiger partial charge in [0.05, 0.1) is 6.10 Å². The molecule has 0 saturated heterocycles. The molecule has 0 heterocycles. The van der Waals surface area contributed by atoms with Gasteiger partial charge in [0.25, 0.3) is 0 Å². The Morgan fingerprint density at radius 1 is 1.15 bits per heavy atom. The molecule has 2 nitrogen and oxygen atoms in total. The Bertz CT molecular complexity index is 115. The number of aliphatic hydroxyl groups excluding tert-OH is 1. The predicted molar refractivity (Wildman–Crippen MR) is 57.6 cm³/mol. The van der Waals surface area contributed by atoms with Crippen LogP contribution in [0.3, 0.4) is 0 Å². The van der Waals surface area contributed by atoms with Crippen LogP contribution in [0.25, 0.3) is 0 Å². The molecule has 0 fully saturated rings. The summed E-state index contributed by atoms with van der Waals surface area (Å²) in [5, 5.41) is 9.60. The van der Waals surface area contributed by atoms with E-state index in [1.54, 1.807) is 0 Å². The lowest BCUT2D eigenvalue weighted by molar-refractivity contribution is 0.0850. The second kappa shape index (κ2) is 6.39. The van der Waals surface area contributed by atoms with Crippen LogP contribution in [0.5, 0.6) is 0 Å². The van der Waals surface area contributed by atoms with E-state index in [-0.39, 0.29) is 11.6 Å². The lowest BCUT2D eigenvalue weighted by Gasteiger charge is -2.32. The topological polar surface area (TPSA) is 46.2 Å². The van der Waals surface area contributed by atoms with E-state index >= 15 is 0 Å². The zero-order valence-corrected chi connectivity index (χ0v) is 9.34. The molecule has 0 aliphatic carbocycles. The first-order valence-electron chi connectivity index (χ1n) is 5.53. The van der Waals surface area contributed by atoms with Crippen LogP contribution in [-0.4, -0.2) is 16.7 Å². The Balaban J connectivity index is 4.00. The summed E-state index contributed by atoms with van der Waals surface area (Å²) in [4.78, 5) is 0. The Labute approximate surface area is 82.5 Å². The second-order valence-corrected chi connectivity index (χ2v) is 4.12. The molecule has 0 spiro atoms. The number of hydrogen-bond donors (Lipinski definition) is 2. The van der Waals surface area contributed by atoms with E-state index in [1.807, 2.05) is 6.92 Å². The first kappa shape index (κ1) is 12.9. The van der Waals surface area contributed by atoms with Gasteiger partial charge in [-0.3, -0.25) is 0 Å². The van der Waals surface area contributed by atoms with Crippen LogP contribution in [0.15, 0.2) is 0 Å². The molecule has 2 heteroatoms. The highest BCUT2D eigenvalue weighted by atomic mass is 16.3. The third-order valence-corrected chi connectivity index (χ3v) is 2.82. The first-order valence-corrected chi connectivity index (χ1v) is 5.53. The highest BCUT2D eigenvalue weighted by molar-refractivity contribution is 4.88. The molecule has 13 heavy (non-hydrogen) atoms. The molecule has 0 aromatic rings. The Kier molecular flexibility index (Phi) is 6.35. The van der Waals surface area contributed by atoms with E-state index in [4.69, 9.17) is 5.73 Å². The zero-order valence-electron chi connectivity index (χ0n) is 9.34. The van der Waals surface area contributed by atoms with E-state index < -0.39 is 0 Å². The number of unbranched alkanes of at least 4 members (excludes halogenated alkanes) is 2. The van der Waals surface area contributed by atoms with Gasteiger partial charge in [0, 0.05) is 5.54 Å². The van der Waals surface area contributed by atoms with Crippen LogP contribution in [0.1, 0.15) is 59.3 Å². The summed E-state index contributed by atoms with van der Waals surface area (Å²) >= 11 is 0. The van der Waals surface area contributed by atoms with Gasteiger partial charge >= 0.3 is 0 Å². The summed E-state index contributed by atoms with van der Waals surface area (Å²) < 4.78 is 0. The van der Waals surface area contributed by atoms with E-state index in [0.29, 0.717) is 0 Å². The van der Waals surface area contributed by atoms with Gasteiger partial charge in [-0.25, -0.2) is 0 Å². The smallest absolute Gasteiger partial charge is 0.0691 e. The van der Waals surface area contributed by atoms with Crippen molar-refractivity contribution in [2.24, 2.45) is 5.73 Å². The lowest BCUT2D eigenvalue weighted by Crippen LogP contribution is -2.49. The van der Waals surface area contributed by atoms with Crippen molar-refractivity contribution in [3.63, 3.8) is 0 Å². The quantitative estimate of drug-likeness (QED) is 0.643. The lowest BCUT2D eigenvalue weighted by atomic mass is 9.84. The summed E-state index contributed by atoms with van der Waals surface area (Å²) in [6.45, 7) is 6.12. The minimum absolute atomic E-state index is 0.341. The molecule has 3 N–H and O–H groups in total. The van der Waals surface area contributed by atoms with E-state index in [2.05, 4.69) is 13.8 Å². The fourth-order valence-electron chi connectivity index (χ4n) is 1.55. The molecule has 0 amide bonds. The molecule has 1 unspecified atom stereocenters. The summed E-state index contributed by atoms with van der Waals surface area (Å²) in [6, 6.07) is 0. The predicted octanol–water partition coefficient (Wildman–Crippen LogP) is 2.45. The van der Waals surface area contributed by atoms with Crippen molar-refractivity contribution in [1.82, 2.24) is 0 Å². The highest BCUT2D eigenvalue weighted by Crippen LogP contribution is 2.22. The van der Waals surface area contributed by atoms with Gasteiger partial charge in [0.15, 0.2) is 0 Å². The summed E-state index contributed by atoms with van der Waals surface area (Å²) in [5.41, 5.74) is 5.82. The molecule has 0 aliphatic rings. The number of hydrogen-bond acceptors (Lipinski definition) is 2. The number of nitrogens with two attached hydrogens (primary N) is 1. The van der Waals surface area contributed by atoms with Gasteiger partial charge in [-0.15, -0.1) is 0 Å². The van der Waals surface area contributed by atoms with Crippen LogP contribution in [0.4, 0.5) is 0 Å². The maximum Gasteiger partial charge on any atom is 0.0691 e. The monoisotopic (exact) mass is 187 g/mol. The van der Waals surface area contributed by atoms with Gasteiger partial charge in [0.2, 0.25) is 0 Å².